The molecule has 1 atom stereocenters. The van der Waals surface area contributed by atoms with Crippen LogP contribution in [0.3, 0.4) is 0 Å². The molecule has 0 heterocycles. The smallest absolute Gasteiger partial charge is 0.408 e. The molecule has 0 aromatic heterocycles. The molecule has 7 nitrogen and oxygen atoms in total. The van der Waals surface area contributed by atoms with E-state index in [0.29, 0.717) is 18.5 Å². The molecule has 0 bridgehead atoms. The summed E-state index contributed by atoms with van der Waals surface area (Å²) in [5, 5.41) is 5.47. The molecule has 1 unspecified atom stereocenters. The molecule has 0 aliphatic heterocycles. The van der Waals surface area contributed by atoms with Gasteiger partial charge in [-0.2, -0.15) is 0 Å². The molecule has 1 rings (SSSR count). The van der Waals surface area contributed by atoms with Crippen LogP contribution in [-0.4, -0.2) is 47.0 Å². The first kappa shape index (κ1) is 26.2. The predicted molar refractivity (Wildman–Crippen MR) is 123 cm³/mol. The summed E-state index contributed by atoms with van der Waals surface area (Å²) >= 11 is 0. The van der Waals surface area contributed by atoms with E-state index in [9.17, 15) is 14.4 Å². The van der Waals surface area contributed by atoms with Gasteiger partial charge in [-0.3, -0.25) is 9.59 Å². The molecule has 0 saturated heterocycles. The van der Waals surface area contributed by atoms with Gasteiger partial charge < -0.3 is 20.3 Å². The van der Waals surface area contributed by atoms with Crippen LogP contribution in [0, 0.1) is 0 Å². The zero-order valence-electron chi connectivity index (χ0n) is 19.9. The molecule has 3 amide bonds. The number of rotatable bonds is 8. The molecule has 2 N–H and O–H groups in total. The number of carbonyl (C=O) groups is 3. The Bertz CT molecular complexity index is 791. The lowest BCUT2D eigenvalue weighted by atomic mass is 9.99. The Balaban J connectivity index is 3.22. The second-order valence-electron chi connectivity index (χ2n) is 9.46. The zero-order valence-corrected chi connectivity index (χ0v) is 19.9. The van der Waals surface area contributed by atoms with Crippen LogP contribution < -0.4 is 10.6 Å². The molecule has 31 heavy (non-hydrogen) atoms. The van der Waals surface area contributed by atoms with Crippen molar-refractivity contribution in [2.45, 2.75) is 72.1 Å². The molecule has 7 heteroatoms. The number of nitrogens with one attached hydrogen (secondary N) is 2. The maximum Gasteiger partial charge on any atom is 0.408 e. The van der Waals surface area contributed by atoms with E-state index in [1.54, 1.807) is 26.8 Å². The molecule has 0 aliphatic carbocycles. The Hall–Kier alpha value is -2.83. The molecule has 172 valence electrons. The van der Waals surface area contributed by atoms with Crippen LogP contribution in [0.5, 0.6) is 0 Å². The third-order valence-electron chi connectivity index (χ3n) is 4.09. The van der Waals surface area contributed by atoms with E-state index in [0.717, 1.165) is 5.56 Å². The minimum atomic E-state index is -0.841. The summed E-state index contributed by atoms with van der Waals surface area (Å²) in [5.74, 6) is -0.654. The van der Waals surface area contributed by atoms with Crippen LogP contribution in [-0.2, 0) is 14.3 Å². The average Bonchev–Trinajstić information content (AvgIpc) is 2.63. The number of alkyl carbamates (subject to hydrolysis) is 1. The molecule has 0 fully saturated rings. The van der Waals surface area contributed by atoms with Gasteiger partial charge in [0, 0.05) is 12.1 Å². The van der Waals surface area contributed by atoms with Crippen LogP contribution in [0.2, 0.25) is 0 Å². The summed E-state index contributed by atoms with van der Waals surface area (Å²) in [5.41, 5.74) is 0.387. The lowest BCUT2D eigenvalue weighted by Crippen LogP contribution is -2.51. The predicted octanol–water partition coefficient (Wildman–Crippen LogP) is 4.05. The topological polar surface area (TPSA) is 87.7 Å². The van der Waals surface area contributed by atoms with Crippen LogP contribution in [0.4, 0.5) is 4.79 Å². The summed E-state index contributed by atoms with van der Waals surface area (Å²) in [4.78, 5) is 39.9. The van der Waals surface area contributed by atoms with Gasteiger partial charge in [-0.25, -0.2) is 4.79 Å². The minimum Gasteiger partial charge on any atom is -0.444 e. The lowest BCUT2D eigenvalue weighted by Gasteiger charge is -2.34. The van der Waals surface area contributed by atoms with E-state index in [1.807, 2.05) is 52.0 Å². The largest absolute Gasteiger partial charge is 0.444 e. The monoisotopic (exact) mass is 431 g/mol. The van der Waals surface area contributed by atoms with Gasteiger partial charge in [-0.1, -0.05) is 37.8 Å². The quantitative estimate of drug-likeness (QED) is 0.650. The highest BCUT2D eigenvalue weighted by Gasteiger charge is 2.33. The molecule has 1 aromatic carbocycles. The standard InChI is InChI=1S/C24H37N3O4/c1-9-14-27(19(28)16-25-22(30)31-24(6,7)8)20(21(29)26-23(3,4)5)18-13-11-12-17(10-2)15-18/h10-13,15,20H,2,9,14,16H2,1,3-8H3,(H,25,30)(H,26,29). The van der Waals surface area contributed by atoms with Crippen LogP contribution in [0.25, 0.3) is 6.08 Å². The van der Waals surface area contributed by atoms with Crippen LogP contribution in [0.15, 0.2) is 30.8 Å². The average molecular weight is 432 g/mol. The highest BCUT2D eigenvalue weighted by atomic mass is 16.6. The fourth-order valence-corrected chi connectivity index (χ4v) is 2.97. The highest BCUT2D eigenvalue weighted by Crippen LogP contribution is 2.24. The molecule has 0 radical (unpaired) electrons. The zero-order chi connectivity index (χ0) is 23.8. The third-order valence-corrected chi connectivity index (χ3v) is 4.09. The van der Waals surface area contributed by atoms with Crippen molar-refractivity contribution < 1.29 is 19.1 Å². The first-order chi connectivity index (χ1) is 14.3. The highest BCUT2D eigenvalue weighted by molar-refractivity contribution is 5.90. The second-order valence-corrected chi connectivity index (χ2v) is 9.46. The van der Waals surface area contributed by atoms with E-state index < -0.39 is 23.3 Å². The van der Waals surface area contributed by atoms with Crippen molar-refractivity contribution >= 4 is 24.0 Å². The molecular weight excluding hydrogens is 394 g/mol. The maximum atomic E-state index is 13.3. The van der Waals surface area contributed by atoms with Crippen LogP contribution in [0.1, 0.15) is 72.1 Å². The Labute approximate surface area is 186 Å². The van der Waals surface area contributed by atoms with E-state index in [2.05, 4.69) is 17.2 Å². The number of hydrogen-bond donors (Lipinski definition) is 2. The summed E-state index contributed by atoms with van der Waals surface area (Å²) in [7, 11) is 0. The third kappa shape index (κ3) is 9.24. The fourth-order valence-electron chi connectivity index (χ4n) is 2.97. The Kier molecular flexibility index (Phi) is 9.28. The van der Waals surface area contributed by atoms with Crippen LogP contribution >= 0.6 is 0 Å². The molecule has 0 spiro atoms. The number of amides is 3. The van der Waals surface area contributed by atoms with Crippen molar-refractivity contribution in [1.82, 2.24) is 15.5 Å². The van der Waals surface area contributed by atoms with Gasteiger partial charge in [0.05, 0.1) is 0 Å². The molecular formula is C24H37N3O4. The van der Waals surface area contributed by atoms with Crippen molar-refractivity contribution in [2.75, 3.05) is 13.1 Å². The van der Waals surface area contributed by atoms with Crippen molar-refractivity contribution in [3.63, 3.8) is 0 Å². The van der Waals surface area contributed by atoms with Crippen molar-refractivity contribution in [3.05, 3.63) is 42.0 Å². The van der Waals surface area contributed by atoms with Gasteiger partial charge in [-0.05, 0) is 65.2 Å². The van der Waals surface area contributed by atoms with Gasteiger partial charge in [0.25, 0.3) is 0 Å². The molecule has 0 aliphatic rings. The van der Waals surface area contributed by atoms with E-state index in [4.69, 9.17) is 4.74 Å². The fraction of sp³-hybridized carbons (Fsp3) is 0.542. The van der Waals surface area contributed by atoms with E-state index >= 15 is 0 Å². The van der Waals surface area contributed by atoms with Crippen molar-refractivity contribution in [3.8, 4) is 0 Å². The number of hydrogen-bond acceptors (Lipinski definition) is 4. The number of carbonyl (C=O) groups excluding carboxylic acids is 3. The van der Waals surface area contributed by atoms with Gasteiger partial charge in [0.1, 0.15) is 18.2 Å². The first-order valence-corrected chi connectivity index (χ1v) is 10.6. The van der Waals surface area contributed by atoms with Crippen molar-refractivity contribution in [2.24, 2.45) is 0 Å². The summed E-state index contributed by atoms with van der Waals surface area (Å²) in [6.45, 7) is 16.7. The normalized spacial score (nSPS) is 12.5. The maximum absolute atomic E-state index is 13.3. The number of benzene rings is 1. The second kappa shape index (κ2) is 11.0. The molecule has 0 saturated carbocycles. The van der Waals surface area contributed by atoms with Gasteiger partial charge in [0.2, 0.25) is 11.8 Å². The Morgan fingerprint density at radius 1 is 1.16 bits per heavy atom. The SMILES string of the molecule is C=Cc1cccc(C(C(=O)NC(C)(C)C)N(CCC)C(=O)CNC(=O)OC(C)(C)C)c1. The van der Waals surface area contributed by atoms with Gasteiger partial charge >= 0.3 is 6.09 Å². The summed E-state index contributed by atoms with van der Waals surface area (Å²) in [6.07, 6.45) is 1.67. The summed E-state index contributed by atoms with van der Waals surface area (Å²) in [6, 6.07) is 6.53. The summed E-state index contributed by atoms with van der Waals surface area (Å²) < 4.78 is 5.21. The van der Waals surface area contributed by atoms with Gasteiger partial charge in [-0.15, -0.1) is 0 Å². The Morgan fingerprint density at radius 3 is 2.32 bits per heavy atom. The molecule has 1 aromatic rings. The lowest BCUT2D eigenvalue weighted by molar-refractivity contribution is -0.141. The minimum absolute atomic E-state index is 0.268. The van der Waals surface area contributed by atoms with Crippen molar-refractivity contribution in [1.29, 1.82) is 0 Å². The number of nitrogens with zero attached hydrogens (tertiary/aromatic N) is 1. The van der Waals surface area contributed by atoms with Gasteiger partial charge in [0.15, 0.2) is 0 Å². The number of ether oxygens (including phenoxy) is 1. The first-order valence-electron chi connectivity index (χ1n) is 10.6. The van der Waals surface area contributed by atoms with E-state index in [-0.39, 0.29) is 18.4 Å². The van der Waals surface area contributed by atoms with E-state index in [1.165, 1.54) is 4.90 Å². The Morgan fingerprint density at radius 2 is 1.81 bits per heavy atom.